The molecule has 0 spiro atoms. The maximum atomic E-state index is 11.5. The molecule has 1 N–H and O–H groups in total. The van der Waals surface area contributed by atoms with Gasteiger partial charge in [0.25, 0.3) is 5.91 Å². The fraction of sp³-hybridized carbons (Fsp3) is 0.300. The average molecular weight is 262 g/mol. The Morgan fingerprint density at radius 2 is 2.33 bits per heavy atom. The van der Waals surface area contributed by atoms with E-state index in [1.165, 1.54) is 11.3 Å². The quantitative estimate of drug-likeness (QED) is 0.655. The van der Waals surface area contributed by atoms with Crippen LogP contribution < -0.4 is 5.32 Å². The smallest absolute Gasteiger partial charge is 0.253 e. The zero-order valence-electron chi connectivity index (χ0n) is 7.85. The lowest BCUT2D eigenvalue weighted by Crippen LogP contribution is -2.24. The highest BCUT2D eigenvalue weighted by molar-refractivity contribution is 7.20. The van der Waals surface area contributed by atoms with Crippen LogP contribution in [0, 0.1) is 12.3 Å². The van der Waals surface area contributed by atoms with Crippen molar-refractivity contribution < 1.29 is 4.79 Å². The lowest BCUT2D eigenvalue weighted by molar-refractivity contribution is 0.0954. The number of rotatable bonds is 4. The molecule has 1 rings (SSSR count). The van der Waals surface area contributed by atoms with Gasteiger partial charge in [0.15, 0.2) is 0 Å². The van der Waals surface area contributed by atoms with Crippen LogP contribution in [0.2, 0.25) is 8.67 Å². The molecule has 15 heavy (non-hydrogen) atoms. The zero-order chi connectivity index (χ0) is 11.3. The third-order valence-electron chi connectivity index (χ3n) is 1.68. The topological polar surface area (TPSA) is 29.1 Å². The van der Waals surface area contributed by atoms with Crippen LogP contribution in [0.5, 0.6) is 0 Å². The summed E-state index contributed by atoms with van der Waals surface area (Å²) in [5.41, 5.74) is 0.423. The van der Waals surface area contributed by atoms with Gasteiger partial charge in [0.1, 0.15) is 4.34 Å². The minimum absolute atomic E-state index is 0.208. The summed E-state index contributed by atoms with van der Waals surface area (Å²) in [6, 6.07) is 1.56. The first kappa shape index (κ1) is 12.4. The maximum absolute atomic E-state index is 11.5. The Hall–Kier alpha value is -0.690. The molecule has 1 amide bonds. The predicted molar refractivity (Wildman–Crippen MR) is 64.7 cm³/mol. The van der Waals surface area contributed by atoms with Gasteiger partial charge in [0.05, 0.1) is 9.90 Å². The Morgan fingerprint density at radius 3 is 2.87 bits per heavy atom. The molecule has 2 nitrogen and oxygen atoms in total. The number of amides is 1. The van der Waals surface area contributed by atoms with E-state index < -0.39 is 0 Å². The molecule has 0 saturated heterocycles. The largest absolute Gasteiger partial charge is 0.352 e. The highest BCUT2D eigenvalue weighted by Gasteiger charge is 2.13. The molecule has 0 radical (unpaired) electrons. The summed E-state index contributed by atoms with van der Waals surface area (Å²) in [7, 11) is 0. The van der Waals surface area contributed by atoms with E-state index in [0.29, 0.717) is 27.2 Å². The normalized spacial score (nSPS) is 9.67. The molecule has 0 fully saturated rings. The van der Waals surface area contributed by atoms with E-state index in [9.17, 15) is 4.79 Å². The van der Waals surface area contributed by atoms with Gasteiger partial charge >= 0.3 is 0 Å². The molecule has 0 unspecified atom stereocenters. The Kier molecular flexibility index (Phi) is 4.97. The summed E-state index contributed by atoms with van der Waals surface area (Å²) in [4.78, 5) is 11.5. The predicted octanol–water partition coefficient (Wildman–Crippen LogP) is 3.20. The summed E-state index contributed by atoms with van der Waals surface area (Å²) in [6.45, 7) is 0.548. The first-order valence-electron chi connectivity index (χ1n) is 4.31. The van der Waals surface area contributed by atoms with Crippen molar-refractivity contribution in [2.75, 3.05) is 6.54 Å². The lowest BCUT2D eigenvalue weighted by Gasteiger charge is -2.01. The molecule has 1 aromatic rings. The molecule has 0 atom stereocenters. The van der Waals surface area contributed by atoms with E-state index in [1.807, 2.05) is 0 Å². The maximum Gasteiger partial charge on any atom is 0.253 e. The summed E-state index contributed by atoms with van der Waals surface area (Å²) in [5.74, 6) is 2.29. The summed E-state index contributed by atoms with van der Waals surface area (Å²) in [6.07, 6.45) is 6.50. The van der Waals surface area contributed by atoms with Crippen LogP contribution in [-0.2, 0) is 0 Å². The van der Waals surface area contributed by atoms with E-state index >= 15 is 0 Å². The van der Waals surface area contributed by atoms with Crippen molar-refractivity contribution in [2.24, 2.45) is 0 Å². The Bertz CT molecular complexity index is 395. The fourth-order valence-electron chi connectivity index (χ4n) is 0.983. The molecule has 0 bridgehead atoms. The van der Waals surface area contributed by atoms with Crippen molar-refractivity contribution in [3.8, 4) is 12.3 Å². The monoisotopic (exact) mass is 261 g/mol. The number of carbonyl (C=O) groups excluding carboxylic acids is 1. The molecule has 0 aliphatic heterocycles. The zero-order valence-corrected chi connectivity index (χ0v) is 10.2. The lowest BCUT2D eigenvalue weighted by atomic mass is 10.3. The minimum Gasteiger partial charge on any atom is -0.352 e. The van der Waals surface area contributed by atoms with Crippen LogP contribution in [0.1, 0.15) is 23.2 Å². The highest BCUT2D eigenvalue weighted by Crippen LogP contribution is 2.30. The number of thiophene rings is 1. The van der Waals surface area contributed by atoms with E-state index in [4.69, 9.17) is 29.6 Å². The van der Waals surface area contributed by atoms with Crippen LogP contribution in [-0.4, -0.2) is 12.5 Å². The van der Waals surface area contributed by atoms with Crippen LogP contribution in [0.15, 0.2) is 6.07 Å². The van der Waals surface area contributed by atoms with Crippen molar-refractivity contribution in [3.05, 3.63) is 20.3 Å². The van der Waals surface area contributed by atoms with Gasteiger partial charge in [0, 0.05) is 13.0 Å². The first-order chi connectivity index (χ1) is 7.15. The van der Waals surface area contributed by atoms with Gasteiger partial charge in [-0.1, -0.05) is 23.2 Å². The molecular weight excluding hydrogens is 253 g/mol. The number of halogens is 2. The van der Waals surface area contributed by atoms with E-state index in [0.717, 1.165) is 6.42 Å². The molecule has 0 aliphatic carbocycles. The number of carbonyl (C=O) groups is 1. The van der Waals surface area contributed by atoms with Crippen molar-refractivity contribution in [3.63, 3.8) is 0 Å². The summed E-state index contributed by atoms with van der Waals surface area (Å²) in [5, 5.41) is 2.72. The van der Waals surface area contributed by atoms with Gasteiger partial charge in [-0.3, -0.25) is 4.79 Å². The van der Waals surface area contributed by atoms with Crippen molar-refractivity contribution in [2.45, 2.75) is 12.8 Å². The Labute approximate surface area is 103 Å². The number of hydrogen-bond acceptors (Lipinski definition) is 2. The Balaban J connectivity index is 2.48. The first-order valence-corrected chi connectivity index (χ1v) is 5.89. The molecular formula is C10H9Cl2NOS. The number of nitrogens with one attached hydrogen (secondary N) is 1. The molecule has 5 heteroatoms. The number of hydrogen-bond donors (Lipinski definition) is 1. The number of unbranched alkanes of at least 4 members (excludes halogenated alkanes) is 1. The van der Waals surface area contributed by atoms with Gasteiger partial charge in [-0.05, 0) is 12.5 Å². The third-order valence-corrected chi connectivity index (χ3v) is 3.17. The van der Waals surface area contributed by atoms with Crippen LogP contribution >= 0.6 is 34.5 Å². The molecule has 0 saturated carbocycles. The standard InChI is InChI=1S/C10H9Cl2NOS/c1-2-3-4-5-13-10(14)7-6-8(11)15-9(7)12/h1,6H,3-5H2,(H,13,14). The van der Waals surface area contributed by atoms with E-state index in [2.05, 4.69) is 11.2 Å². The molecule has 0 aliphatic rings. The van der Waals surface area contributed by atoms with Gasteiger partial charge < -0.3 is 5.32 Å². The summed E-state index contributed by atoms with van der Waals surface area (Å²) >= 11 is 12.7. The fourth-order valence-corrected chi connectivity index (χ4v) is 2.44. The SMILES string of the molecule is C#CCCCNC(=O)c1cc(Cl)sc1Cl. The molecule has 1 heterocycles. The second-order valence-corrected chi connectivity index (χ2v) is 5.09. The van der Waals surface area contributed by atoms with Gasteiger partial charge in [-0.25, -0.2) is 0 Å². The second kappa shape index (κ2) is 6.02. The van der Waals surface area contributed by atoms with Crippen LogP contribution in [0.25, 0.3) is 0 Å². The second-order valence-electron chi connectivity index (χ2n) is 2.80. The van der Waals surface area contributed by atoms with Gasteiger partial charge in [0.2, 0.25) is 0 Å². The van der Waals surface area contributed by atoms with Gasteiger partial charge in [-0.15, -0.1) is 23.7 Å². The Morgan fingerprint density at radius 1 is 1.60 bits per heavy atom. The van der Waals surface area contributed by atoms with Crippen LogP contribution in [0.3, 0.4) is 0 Å². The summed E-state index contributed by atoms with van der Waals surface area (Å²) < 4.78 is 0.920. The van der Waals surface area contributed by atoms with Crippen molar-refractivity contribution in [1.82, 2.24) is 5.32 Å². The third kappa shape index (κ3) is 3.75. The van der Waals surface area contributed by atoms with Crippen molar-refractivity contribution in [1.29, 1.82) is 0 Å². The van der Waals surface area contributed by atoms with Crippen molar-refractivity contribution >= 4 is 40.4 Å². The molecule has 80 valence electrons. The minimum atomic E-state index is -0.208. The van der Waals surface area contributed by atoms with E-state index in [1.54, 1.807) is 6.07 Å². The highest BCUT2D eigenvalue weighted by atomic mass is 35.5. The molecule has 1 aromatic heterocycles. The molecule has 0 aromatic carbocycles. The average Bonchev–Trinajstić information content (AvgIpc) is 2.52. The van der Waals surface area contributed by atoms with Crippen LogP contribution in [0.4, 0.5) is 0 Å². The van der Waals surface area contributed by atoms with E-state index in [-0.39, 0.29) is 5.91 Å². The number of terminal acetylenes is 1. The van der Waals surface area contributed by atoms with Gasteiger partial charge in [-0.2, -0.15) is 0 Å².